The Morgan fingerprint density at radius 3 is 1.43 bits per heavy atom. The van der Waals surface area contributed by atoms with Gasteiger partial charge in [0, 0.05) is 12.1 Å². The van der Waals surface area contributed by atoms with Crippen LogP contribution in [0.3, 0.4) is 0 Å². The van der Waals surface area contributed by atoms with Crippen molar-refractivity contribution in [1.82, 2.24) is 10.6 Å². The van der Waals surface area contributed by atoms with E-state index in [1.165, 1.54) is 57.7 Å². The van der Waals surface area contributed by atoms with Crippen molar-refractivity contribution >= 4 is 19.0 Å². The van der Waals surface area contributed by atoms with Crippen molar-refractivity contribution in [3.05, 3.63) is 0 Å². The van der Waals surface area contributed by atoms with Crippen LogP contribution in [-0.2, 0) is 0 Å². The summed E-state index contributed by atoms with van der Waals surface area (Å²) in [6, 6.07) is 2.57. The smallest absolute Gasteiger partial charge is 0.0829 e. The Hall–Kier alpha value is -1.59. The minimum Gasteiger partial charge on any atom is -0.390 e. The summed E-state index contributed by atoms with van der Waals surface area (Å²) in [6.07, 6.45) is 19.9. The highest BCUT2D eigenvalue weighted by Gasteiger charge is 2.21. The number of nitrogens with two attached hydrogens (primary N) is 1. The van der Waals surface area contributed by atoms with Gasteiger partial charge in [-0.1, -0.05) is 6.92 Å². The minimum atomic E-state index is 0.414. The summed E-state index contributed by atoms with van der Waals surface area (Å²) in [4.78, 5) is 13.8. The maximum absolute atomic E-state index is 5.39. The molecule has 0 saturated heterocycles. The number of nitrogens with zero attached hydrogens (tertiary/aromatic N) is 3. The van der Waals surface area contributed by atoms with Crippen molar-refractivity contribution in [3.63, 3.8) is 0 Å². The quantitative estimate of drug-likeness (QED) is 0.461. The van der Waals surface area contributed by atoms with Crippen molar-refractivity contribution in [1.29, 1.82) is 0 Å². The molecule has 0 atom stereocenters. The van der Waals surface area contributed by atoms with E-state index < -0.39 is 0 Å². The molecule has 3 fully saturated rings. The fourth-order valence-corrected chi connectivity index (χ4v) is 4.80. The van der Waals surface area contributed by atoms with Gasteiger partial charge in [-0.3, -0.25) is 15.0 Å². The second-order valence-corrected chi connectivity index (χ2v) is 9.11. The molecule has 0 amide bonds. The predicted octanol–water partition coefficient (Wildman–Crippen LogP) is 3.41. The largest absolute Gasteiger partial charge is 0.390 e. The highest BCUT2D eigenvalue weighted by molar-refractivity contribution is 5.56. The highest BCUT2D eigenvalue weighted by atomic mass is 15.0. The van der Waals surface area contributed by atoms with Gasteiger partial charge in [-0.05, 0) is 83.0 Å². The van der Waals surface area contributed by atoms with Crippen LogP contribution < -0.4 is 16.4 Å². The summed E-state index contributed by atoms with van der Waals surface area (Å²) >= 11 is 0. The number of nitrogens with one attached hydrogen (secondary N) is 2. The van der Waals surface area contributed by atoms with Gasteiger partial charge in [-0.2, -0.15) is 0 Å². The second kappa shape index (κ2) is 11.4. The lowest BCUT2D eigenvalue weighted by Crippen LogP contribution is -2.39. The minimum absolute atomic E-state index is 0.414. The zero-order valence-electron chi connectivity index (χ0n) is 17.6. The number of hydrogen-bond donors (Lipinski definition) is 3. The summed E-state index contributed by atoms with van der Waals surface area (Å²) in [5, 5.41) is 7.08. The summed E-state index contributed by atoms with van der Waals surface area (Å²) in [6.45, 7) is 2.36. The molecule has 0 aromatic carbocycles. The van der Waals surface area contributed by atoms with E-state index in [0.29, 0.717) is 30.2 Å². The van der Waals surface area contributed by atoms with E-state index in [4.69, 9.17) is 15.7 Å². The molecule has 3 aliphatic carbocycles. The summed E-state index contributed by atoms with van der Waals surface area (Å²) < 4.78 is 0. The first-order valence-corrected chi connectivity index (χ1v) is 11.5. The van der Waals surface area contributed by atoms with E-state index in [1.54, 1.807) is 0 Å². The fraction of sp³-hybridized carbons (Fsp3) is 0.864. The van der Waals surface area contributed by atoms with Crippen LogP contribution in [0.15, 0.2) is 15.0 Å². The zero-order chi connectivity index (χ0) is 19.6. The van der Waals surface area contributed by atoms with Gasteiger partial charge in [0.05, 0.1) is 37.1 Å². The fourth-order valence-electron chi connectivity index (χ4n) is 4.80. The first kappa shape index (κ1) is 21.1. The Morgan fingerprint density at radius 2 is 1.00 bits per heavy atom. The van der Waals surface area contributed by atoms with Gasteiger partial charge in [-0.25, -0.2) is 0 Å². The summed E-state index contributed by atoms with van der Waals surface area (Å²) in [5.74, 6) is 0.895. The van der Waals surface area contributed by atoms with Gasteiger partial charge in [0.1, 0.15) is 0 Å². The van der Waals surface area contributed by atoms with E-state index in [1.807, 2.05) is 12.7 Å². The van der Waals surface area contributed by atoms with Crippen LogP contribution in [0.25, 0.3) is 0 Å². The topological polar surface area (TPSA) is 87.2 Å². The van der Waals surface area contributed by atoms with E-state index in [0.717, 1.165) is 31.6 Å². The molecule has 158 valence electrons. The van der Waals surface area contributed by atoms with E-state index in [2.05, 4.69) is 22.5 Å². The van der Waals surface area contributed by atoms with Gasteiger partial charge in [-0.15, -0.1) is 0 Å². The Kier molecular flexibility index (Phi) is 8.62. The van der Waals surface area contributed by atoms with Gasteiger partial charge >= 0.3 is 0 Å². The lowest BCUT2D eigenvalue weighted by Gasteiger charge is -2.29. The van der Waals surface area contributed by atoms with Gasteiger partial charge in [0.2, 0.25) is 0 Å². The van der Waals surface area contributed by atoms with Gasteiger partial charge in [0.15, 0.2) is 0 Å². The average Bonchev–Trinajstić information content (AvgIpc) is 2.72. The Bertz CT molecular complexity index is 507. The van der Waals surface area contributed by atoms with E-state index >= 15 is 0 Å². The van der Waals surface area contributed by atoms with E-state index in [9.17, 15) is 0 Å². The molecule has 6 heteroatoms. The van der Waals surface area contributed by atoms with Crippen LogP contribution >= 0.6 is 0 Å². The van der Waals surface area contributed by atoms with Crippen LogP contribution in [0.1, 0.15) is 84.0 Å². The first-order valence-electron chi connectivity index (χ1n) is 11.5. The van der Waals surface area contributed by atoms with Crippen molar-refractivity contribution in [3.8, 4) is 0 Å². The molecule has 0 aromatic rings. The van der Waals surface area contributed by atoms with Crippen LogP contribution in [-0.4, -0.2) is 49.2 Å². The third-order valence-corrected chi connectivity index (χ3v) is 6.87. The molecule has 28 heavy (non-hydrogen) atoms. The normalized spacial score (nSPS) is 37.6. The zero-order valence-corrected chi connectivity index (χ0v) is 17.6. The Labute approximate surface area is 171 Å². The molecule has 0 spiro atoms. The van der Waals surface area contributed by atoms with Crippen LogP contribution in [0, 0.1) is 5.92 Å². The van der Waals surface area contributed by atoms with Crippen LogP contribution in [0.5, 0.6) is 0 Å². The van der Waals surface area contributed by atoms with Crippen molar-refractivity contribution in [2.75, 3.05) is 0 Å². The molecule has 0 bridgehead atoms. The van der Waals surface area contributed by atoms with Crippen molar-refractivity contribution < 1.29 is 0 Å². The number of aliphatic imine (C=N–C) groups is 3. The lowest BCUT2D eigenvalue weighted by molar-refractivity contribution is 0.345. The first-order chi connectivity index (χ1) is 13.7. The molecule has 3 rings (SSSR count). The molecule has 0 aliphatic heterocycles. The summed E-state index contributed by atoms with van der Waals surface area (Å²) in [7, 11) is 0. The number of rotatable bonds is 7. The molecule has 0 radical (unpaired) electrons. The third kappa shape index (κ3) is 7.10. The number of hydrogen-bond acceptors (Lipinski definition) is 3. The molecule has 0 aromatic heterocycles. The molecule has 0 heterocycles. The Balaban J connectivity index is 1.26. The monoisotopic (exact) mass is 388 g/mol. The standard InChI is InChI=1S/C22H40N6/c1-17-2-4-19(5-3-17)25-15-26-21-10-12-22(13-11-21)28-16-27-20-8-6-18(7-9-20)24-14-23/h14-22H,2-13H2,1H3,(H2,23,24)(H,25,26)(H,27,28). The van der Waals surface area contributed by atoms with Crippen molar-refractivity contribution in [2.45, 2.75) is 114 Å². The SMILES string of the molecule is CC1CCC(N=CNC2CCC(NC=NC3CCC(N=CN)CC3)CC2)CC1. The lowest BCUT2D eigenvalue weighted by atomic mass is 9.88. The van der Waals surface area contributed by atoms with Crippen LogP contribution in [0.4, 0.5) is 0 Å². The van der Waals surface area contributed by atoms with Gasteiger partial charge < -0.3 is 16.4 Å². The van der Waals surface area contributed by atoms with E-state index in [-0.39, 0.29) is 0 Å². The molecule has 4 N–H and O–H groups in total. The van der Waals surface area contributed by atoms with Crippen LogP contribution in [0.2, 0.25) is 0 Å². The molecular weight excluding hydrogens is 348 g/mol. The van der Waals surface area contributed by atoms with Gasteiger partial charge in [0.25, 0.3) is 0 Å². The Morgan fingerprint density at radius 1 is 0.607 bits per heavy atom. The maximum Gasteiger partial charge on any atom is 0.0829 e. The average molecular weight is 389 g/mol. The summed E-state index contributed by atoms with van der Waals surface area (Å²) in [5.41, 5.74) is 5.39. The maximum atomic E-state index is 5.39. The molecule has 3 aliphatic rings. The predicted molar refractivity (Wildman–Crippen MR) is 119 cm³/mol. The molecule has 0 unspecified atom stereocenters. The molecular formula is C22H40N6. The highest BCUT2D eigenvalue weighted by Crippen LogP contribution is 2.25. The molecule has 3 saturated carbocycles. The molecule has 6 nitrogen and oxygen atoms in total. The third-order valence-electron chi connectivity index (χ3n) is 6.87. The second-order valence-electron chi connectivity index (χ2n) is 9.11. The van der Waals surface area contributed by atoms with Crippen molar-refractivity contribution in [2.24, 2.45) is 26.6 Å².